The molecule has 2 atom stereocenters. The van der Waals surface area contributed by atoms with E-state index in [0.29, 0.717) is 13.1 Å². The summed E-state index contributed by atoms with van der Waals surface area (Å²) in [6.45, 7) is 3.25. The molecule has 0 aromatic carbocycles. The zero-order valence-electron chi connectivity index (χ0n) is 14.0. The number of likely N-dealkylation sites (N-methyl/N-ethyl adjacent to an activating group) is 1. The maximum absolute atomic E-state index is 12.4. The normalized spacial score (nSPS) is 19.5. The molecule has 0 saturated carbocycles. The summed E-state index contributed by atoms with van der Waals surface area (Å²) in [6.07, 6.45) is 3.44. The number of rotatable bonds is 5. The van der Waals surface area contributed by atoms with Crippen LogP contribution in [0.15, 0.2) is 22.8 Å². The second kappa shape index (κ2) is 8.01. The number of piperidine rings is 1. The van der Waals surface area contributed by atoms with Gasteiger partial charge in [-0.25, -0.2) is 4.79 Å². The largest absolute Gasteiger partial charge is 0.468 e. The first-order valence-electron chi connectivity index (χ1n) is 7.97. The van der Waals surface area contributed by atoms with Gasteiger partial charge in [-0.1, -0.05) is 0 Å². The van der Waals surface area contributed by atoms with Crippen molar-refractivity contribution in [2.75, 3.05) is 33.7 Å². The molecule has 1 aromatic rings. The predicted molar refractivity (Wildman–Crippen MR) is 86.9 cm³/mol. The smallest absolute Gasteiger partial charge is 0.317 e. The van der Waals surface area contributed by atoms with Gasteiger partial charge in [-0.3, -0.25) is 9.69 Å². The lowest BCUT2D eigenvalue weighted by Gasteiger charge is -2.33. The molecule has 0 radical (unpaired) electrons. The number of likely N-dealkylation sites (tertiary alicyclic amines) is 1. The summed E-state index contributed by atoms with van der Waals surface area (Å²) in [5.41, 5.74) is 0. The van der Waals surface area contributed by atoms with Gasteiger partial charge in [0.25, 0.3) is 0 Å². The van der Waals surface area contributed by atoms with Gasteiger partial charge in [0.15, 0.2) is 0 Å². The highest BCUT2D eigenvalue weighted by Crippen LogP contribution is 2.18. The molecule has 2 N–H and O–H groups in total. The molecule has 1 saturated heterocycles. The number of nitrogens with one attached hydrogen (secondary N) is 2. The molecule has 3 amide bonds. The van der Waals surface area contributed by atoms with E-state index in [1.54, 1.807) is 11.2 Å². The molecule has 7 nitrogen and oxygen atoms in total. The van der Waals surface area contributed by atoms with E-state index in [0.717, 1.165) is 25.1 Å². The lowest BCUT2D eigenvalue weighted by Crippen LogP contribution is -2.52. The van der Waals surface area contributed by atoms with E-state index >= 15 is 0 Å². The number of furan rings is 1. The monoisotopic (exact) mass is 322 g/mol. The minimum atomic E-state index is -0.0986. The van der Waals surface area contributed by atoms with Crippen LogP contribution in [0.5, 0.6) is 0 Å². The standard InChI is InChI=1S/C16H26N4O3/c1-12(21)18-13-6-4-8-20(11-13)16(22)17-10-14(19(2)3)15-7-5-9-23-15/h5,7,9,13-14H,4,6,8,10-11H2,1-3H3,(H,17,22)(H,18,21)/t13-,14-/m1/s1. The van der Waals surface area contributed by atoms with Crippen molar-refractivity contribution in [1.82, 2.24) is 20.4 Å². The number of nitrogens with zero attached hydrogens (tertiary/aromatic N) is 2. The molecule has 2 rings (SSSR count). The summed E-state index contributed by atoms with van der Waals surface area (Å²) >= 11 is 0. The lowest BCUT2D eigenvalue weighted by molar-refractivity contribution is -0.119. The summed E-state index contributed by atoms with van der Waals surface area (Å²) in [5, 5.41) is 5.86. The first kappa shape index (κ1) is 17.3. The Labute approximate surface area is 137 Å². The highest BCUT2D eigenvalue weighted by atomic mass is 16.3. The summed E-state index contributed by atoms with van der Waals surface area (Å²) in [6, 6.07) is 3.69. The van der Waals surface area contributed by atoms with Crippen LogP contribution in [-0.4, -0.2) is 61.5 Å². The number of carbonyl (C=O) groups is 2. The SMILES string of the molecule is CC(=O)N[C@@H]1CCCN(C(=O)NC[C@H](c2ccco2)N(C)C)C1. The Hall–Kier alpha value is -2.02. The molecule has 1 aliphatic heterocycles. The van der Waals surface area contributed by atoms with Crippen molar-refractivity contribution in [3.05, 3.63) is 24.2 Å². The molecule has 0 spiro atoms. The molecular formula is C16H26N4O3. The van der Waals surface area contributed by atoms with Crippen LogP contribution in [0, 0.1) is 0 Å². The van der Waals surface area contributed by atoms with E-state index in [2.05, 4.69) is 10.6 Å². The van der Waals surface area contributed by atoms with Crippen LogP contribution < -0.4 is 10.6 Å². The van der Waals surface area contributed by atoms with Crippen LogP contribution >= 0.6 is 0 Å². The van der Waals surface area contributed by atoms with E-state index in [-0.39, 0.29) is 24.0 Å². The fourth-order valence-electron chi connectivity index (χ4n) is 2.88. The molecule has 0 bridgehead atoms. The van der Waals surface area contributed by atoms with Gasteiger partial charge < -0.3 is 20.0 Å². The molecule has 1 aromatic heterocycles. The molecule has 128 valence electrons. The van der Waals surface area contributed by atoms with E-state index < -0.39 is 0 Å². The van der Waals surface area contributed by atoms with Crippen molar-refractivity contribution in [3.63, 3.8) is 0 Å². The molecule has 0 aliphatic carbocycles. The number of carbonyl (C=O) groups excluding carboxylic acids is 2. The third-order valence-electron chi connectivity index (χ3n) is 4.06. The van der Waals surface area contributed by atoms with Gasteiger partial charge in [-0.2, -0.15) is 0 Å². The summed E-state index contributed by atoms with van der Waals surface area (Å²) in [4.78, 5) is 27.3. The summed E-state index contributed by atoms with van der Waals surface area (Å²) < 4.78 is 5.44. The number of amides is 3. The van der Waals surface area contributed by atoms with Crippen molar-refractivity contribution >= 4 is 11.9 Å². The van der Waals surface area contributed by atoms with Crippen molar-refractivity contribution in [3.8, 4) is 0 Å². The van der Waals surface area contributed by atoms with Gasteiger partial charge in [0.2, 0.25) is 5.91 Å². The Balaban J connectivity index is 1.87. The van der Waals surface area contributed by atoms with Crippen LogP contribution in [-0.2, 0) is 4.79 Å². The predicted octanol–water partition coefficient (Wildman–Crippen LogP) is 1.19. The zero-order chi connectivity index (χ0) is 16.8. The van der Waals surface area contributed by atoms with E-state index in [1.165, 1.54) is 6.92 Å². The highest BCUT2D eigenvalue weighted by Gasteiger charge is 2.25. The van der Waals surface area contributed by atoms with Gasteiger partial charge in [0, 0.05) is 32.6 Å². The zero-order valence-corrected chi connectivity index (χ0v) is 14.0. The average Bonchev–Trinajstić information content (AvgIpc) is 3.00. The molecule has 1 fully saturated rings. The Morgan fingerprint density at radius 1 is 1.48 bits per heavy atom. The molecule has 0 unspecified atom stereocenters. The van der Waals surface area contributed by atoms with E-state index in [9.17, 15) is 9.59 Å². The van der Waals surface area contributed by atoms with Crippen molar-refractivity contribution in [2.24, 2.45) is 0 Å². The van der Waals surface area contributed by atoms with E-state index in [1.807, 2.05) is 31.1 Å². The fourth-order valence-corrected chi connectivity index (χ4v) is 2.88. The number of hydrogen-bond donors (Lipinski definition) is 2. The van der Waals surface area contributed by atoms with Gasteiger partial charge in [0.05, 0.1) is 12.3 Å². The van der Waals surface area contributed by atoms with Crippen molar-refractivity contribution < 1.29 is 14.0 Å². The van der Waals surface area contributed by atoms with Crippen LogP contribution in [0.3, 0.4) is 0 Å². The fraction of sp³-hybridized carbons (Fsp3) is 0.625. The highest BCUT2D eigenvalue weighted by molar-refractivity contribution is 5.75. The van der Waals surface area contributed by atoms with Gasteiger partial charge in [-0.15, -0.1) is 0 Å². The van der Waals surface area contributed by atoms with Gasteiger partial charge in [-0.05, 0) is 39.1 Å². The molecule has 1 aliphatic rings. The van der Waals surface area contributed by atoms with Gasteiger partial charge in [0.1, 0.15) is 5.76 Å². The van der Waals surface area contributed by atoms with Crippen LogP contribution in [0.2, 0.25) is 0 Å². The molecular weight excluding hydrogens is 296 g/mol. The first-order valence-corrected chi connectivity index (χ1v) is 7.97. The minimum Gasteiger partial charge on any atom is -0.468 e. The number of urea groups is 1. The second-order valence-electron chi connectivity index (χ2n) is 6.17. The third-order valence-corrected chi connectivity index (χ3v) is 4.06. The van der Waals surface area contributed by atoms with Crippen molar-refractivity contribution in [1.29, 1.82) is 0 Å². The Kier molecular flexibility index (Phi) is 6.04. The Morgan fingerprint density at radius 3 is 2.87 bits per heavy atom. The van der Waals surface area contributed by atoms with Gasteiger partial charge >= 0.3 is 6.03 Å². The lowest BCUT2D eigenvalue weighted by atomic mass is 10.1. The number of hydrogen-bond acceptors (Lipinski definition) is 4. The Morgan fingerprint density at radius 2 is 2.26 bits per heavy atom. The minimum absolute atomic E-state index is 0.00937. The summed E-state index contributed by atoms with van der Waals surface area (Å²) in [5.74, 6) is 0.771. The quantitative estimate of drug-likeness (QED) is 0.854. The van der Waals surface area contributed by atoms with E-state index in [4.69, 9.17) is 4.42 Å². The maximum atomic E-state index is 12.4. The van der Waals surface area contributed by atoms with Crippen LogP contribution in [0.1, 0.15) is 31.6 Å². The molecule has 2 heterocycles. The average molecular weight is 322 g/mol. The topological polar surface area (TPSA) is 77.8 Å². The first-order chi connectivity index (χ1) is 11.0. The van der Waals surface area contributed by atoms with Crippen LogP contribution in [0.4, 0.5) is 4.79 Å². The Bertz CT molecular complexity index is 515. The molecule has 7 heteroatoms. The maximum Gasteiger partial charge on any atom is 0.317 e. The second-order valence-corrected chi connectivity index (χ2v) is 6.17. The van der Waals surface area contributed by atoms with Crippen LogP contribution in [0.25, 0.3) is 0 Å². The molecule has 23 heavy (non-hydrogen) atoms. The van der Waals surface area contributed by atoms with Crippen molar-refractivity contribution in [2.45, 2.75) is 31.8 Å². The summed E-state index contributed by atoms with van der Waals surface area (Å²) in [7, 11) is 3.90. The third kappa shape index (κ3) is 4.99.